The van der Waals surface area contributed by atoms with Gasteiger partial charge in [-0.05, 0) is 18.2 Å². The van der Waals surface area contributed by atoms with Crippen LogP contribution in [0.5, 0.6) is 0 Å². The summed E-state index contributed by atoms with van der Waals surface area (Å²) in [6, 6.07) is 4.33. The van der Waals surface area contributed by atoms with Crippen molar-refractivity contribution in [1.82, 2.24) is 10.2 Å². The van der Waals surface area contributed by atoms with E-state index >= 15 is 0 Å². The average Bonchev–Trinajstić information content (AvgIpc) is 2.68. The zero-order valence-electron chi connectivity index (χ0n) is 8.50. The first kappa shape index (κ1) is 11.6. The van der Waals surface area contributed by atoms with Crippen molar-refractivity contribution in [3.8, 4) is 0 Å². The van der Waals surface area contributed by atoms with Gasteiger partial charge < -0.3 is 11.1 Å². The average molecular weight is 299 g/mol. The lowest BCUT2D eigenvalue weighted by atomic mass is 10.2. The van der Waals surface area contributed by atoms with Crippen LogP contribution in [0.3, 0.4) is 0 Å². The van der Waals surface area contributed by atoms with Gasteiger partial charge in [-0.15, -0.1) is 0 Å². The molecule has 4 N–H and O–H groups in total. The number of carbonyl (C=O) groups is 1. The van der Waals surface area contributed by atoms with Crippen LogP contribution in [0.4, 0.5) is 15.9 Å². The van der Waals surface area contributed by atoms with Crippen LogP contribution in [0.2, 0.25) is 0 Å². The van der Waals surface area contributed by atoms with E-state index in [0.29, 0.717) is 4.47 Å². The molecule has 0 saturated heterocycles. The Morgan fingerprint density at radius 1 is 1.53 bits per heavy atom. The number of anilines is 2. The molecule has 0 radical (unpaired) electrons. The predicted molar refractivity (Wildman–Crippen MR) is 65.1 cm³/mol. The van der Waals surface area contributed by atoms with Crippen molar-refractivity contribution in [2.24, 2.45) is 0 Å². The topological polar surface area (TPSA) is 83.8 Å². The van der Waals surface area contributed by atoms with Gasteiger partial charge in [0.1, 0.15) is 17.2 Å². The number of H-pyrrole nitrogens is 1. The van der Waals surface area contributed by atoms with Gasteiger partial charge in [0.15, 0.2) is 0 Å². The number of rotatable bonds is 2. The van der Waals surface area contributed by atoms with Crippen LogP contribution in [0, 0.1) is 5.82 Å². The highest BCUT2D eigenvalue weighted by Crippen LogP contribution is 2.20. The molecule has 1 heterocycles. The SMILES string of the molecule is Nc1[nH]ncc1C(=O)Nc1ccc(Br)cc1F. The Hall–Kier alpha value is -1.89. The number of halogens is 2. The minimum Gasteiger partial charge on any atom is -0.383 e. The third kappa shape index (κ3) is 2.44. The molecular formula is C10H8BrFN4O. The van der Waals surface area contributed by atoms with Crippen LogP contribution in [-0.2, 0) is 0 Å². The summed E-state index contributed by atoms with van der Waals surface area (Å²) < 4.78 is 14.0. The molecule has 0 aliphatic carbocycles. The molecule has 0 aliphatic rings. The van der Waals surface area contributed by atoms with E-state index in [9.17, 15) is 9.18 Å². The molecule has 0 saturated carbocycles. The van der Waals surface area contributed by atoms with E-state index in [4.69, 9.17) is 5.73 Å². The van der Waals surface area contributed by atoms with Crippen molar-refractivity contribution in [2.75, 3.05) is 11.1 Å². The van der Waals surface area contributed by atoms with Gasteiger partial charge in [0.25, 0.3) is 5.91 Å². The molecule has 0 atom stereocenters. The van der Waals surface area contributed by atoms with Gasteiger partial charge in [-0.1, -0.05) is 15.9 Å². The third-order valence-electron chi connectivity index (χ3n) is 2.09. The quantitative estimate of drug-likeness (QED) is 0.794. The smallest absolute Gasteiger partial charge is 0.261 e. The first-order valence-electron chi connectivity index (χ1n) is 4.63. The first-order valence-corrected chi connectivity index (χ1v) is 5.42. The fourth-order valence-corrected chi connectivity index (χ4v) is 1.59. The van der Waals surface area contributed by atoms with Crippen LogP contribution in [0.1, 0.15) is 10.4 Å². The standard InChI is InChI=1S/C10H8BrFN4O/c11-5-1-2-8(7(12)3-5)15-10(17)6-4-14-16-9(6)13/h1-4H,(H,15,17)(H3,13,14,16). The lowest BCUT2D eigenvalue weighted by Gasteiger charge is -2.05. The second-order valence-corrected chi connectivity index (χ2v) is 4.19. The number of hydrogen-bond acceptors (Lipinski definition) is 3. The molecule has 0 bridgehead atoms. The fourth-order valence-electron chi connectivity index (χ4n) is 1.26. The Morgan fingerprint density at radius 2 is 2.29 bits per heavy atom. The van der Waals surface area contributed by atoms with E-state index in [-0.39, 0.29) is 17.1 Å². The van der Waals surface area contributed by atoms with Crippen LogP contribution >= 0.6 is 15.9 Å². The van der Waals surface area contributed by atoms with Crippen molar-refractivity contribution in [2.45, 2.75) is 0 Å². The van der Waals surface area contributed by atoms with Gasteiger partial charge in [0.2, 0.25) is 0 Å². The predicted octanol–water partition coefficient (Wildman–Crippen LogP) is 2.15. The summed E-state index contributed by atoms with van der Waals surface area (Å²) in [5, 5.41) is 8.44. The van der Waals surface area contributed by atoms with Gasteiger partial charge in [-0.3, -0.25) is 9.89 Å². The Balaban J connectivity index is 2.22. The fraction of sp³-hybridized carbons (Fsp3) is 0. The Bertz CT molecular complexity index is 569. The molecule has 88 valence electrons. The van der Waals surface area contributed by atoms with Crippen molar-refractivity contribution in [3.05, 3.63) is 40.2 Å². The largest absolute Gasteiger partial charge is 0.383 e. The van der Waals surface area contributed by atoms with E-state index in [1.54, 1.807) is 6.07 Å². The third-order valence-corrected chi connectivity index (χ3v) is 2.59. The summed E-state index contributed by atoms with van der Waals surface area (Å²) >= 11 is 3.13. The maximum absolute atomic E-state index is 13.5. The lowest BCUT2D eigenvalue weighted by molar-refractivity contribution is 0.102. The molecule has 0 fully saturated rings. The van der Waals surface area contributed by atoms with Crippen LogP contribution in [0.15, 0.2) is 28.9 Å². The van der Waals surface area contributed by atoms with Gasteiger partial charge in [-0.25, -0.2) is 4.39 Å². The molecule has 1 aromatic carbocycles. The number of aromatic nitrogens is 2. The van der Waals surface area contributed by atoms with Gasteiger partial charge in [0.05, 0.1) is 11.9 Å². The molecule has 1 aromatic heterocycles. The zero-order chi connectivity index (χ0) is 12.4. The van der Waals surface area contributed by atoms with E-state index in [2.05, 4.69) is 31.4 Å². The molecule has 0 unspecified atom stereocenters. The highest BCUT2D eigenvalue weighted by atomic mass is 79.9. The number of nitrogens with one attached hydrogen (secondary N) is 2. The summed E-state index contributed by atoms with van der Waals surface area (Å²) in [4.78, 5) is 11.7. The summed E-state index contributed by atoms with van der Waals surface area (Å²) in [6.07, 6.45) is 1.28. The highest BCUT2D eigenvalue weighted by molar-refractivity contribution is 9.10. The number of nitrogens with zero attached hydrogens (tertiary/aromatic N) is 1. The number of amides is 1. The monoisotopic (exact) mass is 298 g/mol. The molecule has 0 aliphatic heterocycles. The number of aromatic amines is 1. The maximum Gasteiger partial charge on any atom is 0.261 e. The van der Waals surface area contributed by atoms with E-state index in [1.807, 2.05) is 0 Å². The number of benzene rings is 1. The summed E-state index contributed by atoms with van der Waals surface area (Å²) in [5.74, 6) is -0.910. The lowest BCUT2D eigenvalue weighted by Crippen LogP contribution is -2.13. The minimum atomic E-state index is -0.533. The maximum atomic E-state index is 13.5. The Kier molecular flexibility index (Phi) is 3.10. The highest BCUT2D eigenvalue weighted by Gasteiger charge is 2.13. The van der Waals surface area contributed by atoms with E-state index in [0.717, 1.165) is 0 Å². The number of hydrogen-bond donors (Lipinski definition) is 3. The molecular weight excluding hydrogens is 291 g/mol. The molecule has 0 spiro atoms. The van der Waals surface area contributed by atoms with Crippen molar-refractivity contribution >= 4 is 33.3 Å². The normalized spacial score (nSPS) is 10.2. The number of nitrogen functional groups attached to an aromatic ring is 1. The van der Waals surface area contributed by atoms with E-state index < -0.39 is 11.7 Å². The van der Waals surface area contributed by atoms with E-state index in [1.165, 1.54) is 18.3 Å². The van der Waals surface area contributed by atoms with Crippen molar-refractivity contribution in [3.63, 3.8) is 0 Å². The second-order valence-electron chi connectivity index (χ2n) is 3.28. The summed E-state index contributed by atoms with van der Waals surface area (Å²) in [6.45, 7) is 0. The molecule has 2 aromatic rings. The van der Waals surface area contributed by atoms with Crippen molar-refractivity contribution in [1.29, 1.82) is 0 Å². The second kappa shape index (κ2) is 4.54. The molecule has 1 amide bonds. The molecule has 5 nitrogen and oxygen atoms in total. The van der Waals surface area contributed by atoms with Gasteiger partial charge >= 0.3 is 0 Å². The van der Waals surface area contributed by atoms with Gasteiger partial charge in [-0.2, -0.15) is 5.10 Å². The molecule has 7 heteroatoms. The first-order chi connectivity index (χ1) is 8.08. The van der Waals surface area contributed by atoms with Crippen LogP contribution < -0.4 is 11.1 Å². The number of carbonyl (C=O) groups excluding carboxylic acids is 1. The minimum absolute atomic E-state index is 0.0822. The molecule has 17 heavy (non-hydrogen) atoms. The number of nitrogens with two attached hydrogens (primary N) is 1. The Labute approximate surface area is 104 Å². The van der Waals surface area contributed by atoms with Crippen molar-refractivity contribution < 1.29 is 9.18 Å². The molecule has 2 rings (SSSR count). The van der Waals surface area contributed by atoms with Gasteiger partial charge in [0, 0.05) is 4.47 Å². The van der Waals surface area contributed by atoms with Crippen LogP contribution in [0.25, 0.3) is 0 Å². The Morgan fingerprint density at radius 3 is 2.88 bits per heavy atom. The van der Waals surface area contributed by atoms with Crippen LogP contribution in [-0.4, -0.2) is 16.1 Å². The zero-order valence-corrected chi connectivity index (χ0v) is 10.1. The summed E-state index contributed by atoms with van der Waals surface area (Å²) in [5.41, 5.74) is 5.73. The summed E-state index contributed by atoms with van der Waals surface area (Å²) in [7, 11) is 0.